The molecule has 0 unspecified atom stereocenters. The van der Waals surface area contributed by atoms with Crippen molar-refractivity contribution in [3.8, 4) is 0 Å². The van der Waals surface area contributed by atoms with Crippen molar-refractivity contribution >= 4 is 17.7 Å². The molecule has 0 spiro atoms. The molecule has 0 saturated carbocycles. The second-order valence-corrected chi connectivity index (χ2v) is 6.90. The molecule has 30 heavy (non-hydrogen) atoms. The molecule has 1 amide bonds. The second-order valence-electron chi connectivity index (χ2n) is 6.90. The summed E-state index contributed by atoms with van der Waals surface area (Å²) in [6.45, 7) is 5.23. The topological polar surface area (TPSA) is 41.1 Å². The fourth-order valence-electron chi connectivity index (χ4n) is 2.72. The van der Waals surface area contributed by atoms with Gasteiger partial charge in [-0.1, -0.05) is 13.0 Å². The van der Waals surface area contributed by atoms with Crippen LogP contribution in [0.4, 0.5) is 27.6 Å². The molecule has 0 heterocycles. The largest absolute Gasteiger partial charge is 0.416 e. The highest BCUT2D eigenvalue weighted by atomic mass is 19.4. The Balaban J connectivity index is 2.16. The Kier molecular flexibility index (Phi) is 7.59. The molecule has 2 N–H and O–H groups in total. The number of anilines is 1. The van der Waals surface area contributed by atoms with Gasteiger partial charge in [-0.15, -0.1) is 0 Å². The first-order valence-electron chi connectivity index (χ1n) is 9.42. The minimum atomic E-state index is -4.48. The van der Waals surface area contributed by atoms with Crippen molar-refractivity contribution in [3.05, 3.63) is 70.3 Å². The smallest absolute Gasteiger partial charge is 0.385 e. The van der Waals surface area contributed by atoms with Crippen LogP contribution in [0, 0.1) is 18.6 Å². The van der Waals surface area contributed by atoms with Crippen LogP contribution in [-0.4, -0.2) is 12.5 Å². The minimum absolute atomic E-state index is 0.105. The Bertz CT molecular complexity index is 915. The maximum atomic E-state index is 13.7. The van der Waals surface area contributed by atoms with Gasteiger partial charge in [0.25, 0.3) is 0 Å². The van der Waals surface area contributed by atoms with Crippen molar-refractivity contribution in [2.24, 2.45) is 0 Å². The SMILES string of the molecule is CCCNc1cc(C(F)(F)F)ccc1/C=C/C(=O)N[C@H](C)c1cc(F)c(C)c(F)c1. The zero-order chi connectivity index (χ0) is 22.5. The normalized spacial score (nSPS) is 12.8. The fourth-order valence-corrected chi connectivity index (χ4v) is 2.72. The molecular weight excluding hydrogens is 403 g/mol. The van der Waals surface area contributed by atoms with E-state index in [1.807, 2.05) is 6.92 Å². The molecule has 2 rings (SSSR count). The second kappa shape index (κ2) is 9.73. The number of nitrogens with one attached hydrogen (secondary N) is 2. The van der Waals surface area contributed by atoms with Gasteiger partial charge in [-0.3, -0.25) is 4.79 Å². The summed E-state index contributed by atoms with van der Waals surface area (Å²) >= 11 is 0. The number of benzene rings is 2. The average Bonchev–Trinajstić information content (AvgIpc) is 2.67. The van der Waals surface area contributed by atoms with Gasteiger partial charge in [-0.2, -0.15) is 13.2 Å². The van der Waals surface area contributed by atoms with Crippen molar-refractivity contribution in [2.45, 2.75) is 39.4 Å². The number of hydrogen-bond acceptors (Lipinski definition) is 2. The molecule has 0 saturated heterocycles. The van der Waals surface area contributed by atoms with Gasteiger partial charge in [0.15, 0.2) is 0 Å². The van der Waals surface area contributed by atoms with Crippen LogP contribution in [-0.2, 0) is 11.0 Å². The third-order valence-corrected chi connectivity index (χ3v) is 4.52. The number of alkyl halides is 3. The van der Waals surface area contributed by atoms with Crippen LogP contribution in [0.5, 0.6) is 0 Å². The third kappa shape index (κ3) is 6.05. The Labute approximate surface area is 172 Å². The van der Waals surface area contributed by atoms with Crippen LogP contribution < -0.4 is 10.6 Å². The van der Waals surface area contributed by atoms with Gasteiger partial charge < -0.3 is 10.6 Å². The van der Waals surface area contributed by atoms with E-state index in [4.69, 9.17) is 0 Å². The van der Waals surface area contributed by atoms with E-state index in [-0.39, 0.29) is 16.8 Å². The van der Waals surface area contributed by atoms with Gasteiger partial charge in [-0.25, -0.2) is 8.78 Å². The number of amides is 1. The Hall–Kier alpha value is -2.90. The molecular formula is C22H23F5N2O. The summed E-state index contributed by atoms with van der Waals surface area (Å²) in [5, 5.41) is 5.50. The first kappa shape index (κ1) is 23.4. The van der Waals surface area contributed by atoms with E-state index >= 15 is 0 Å². The summed E-state index contributed by atoms with van der Waals surface area (Å²) in [5.41, 5.74) is 0.0293. The van der Waals surface area contributed by atoms with Crippen LogP contribution in [0.1, 0.15) is 48.6 Å². The molecule has 3 nitrogen and oxygen atoms in total. The lowest BCUT2D eigenvalue weighted by atomic mass is 10.0. The molecule has 0 aliphatic heterocycles. The molecule has 8 heteroatoms. The molecule has 0 aliphatic carbocycles. The van der Waals surface area contributed by atoms with Crippen LogP contribution in [0.3, 0.4) is 0 Å². The summed E-state index contributed by atoms with van der Waals surface area (Å²) in [4.78, 5) is 12.2. The molecule has 0 aliphatic rings. The van der Waals surface area contributed by atoms with Gasteiger partial charge in [0.2, 0.25) is 5.91 Å². The van der Waals surface area contributed by atoms with E-state index in [9.17, 15) is 26.7 Å². The zero-order valence-electron chi connectivity index (χ0n) is 16.8. The van der Waals surface area contributed by atoms with E-state index in [1.54, 1.807) is 6.92 Å². The Morgan fingerprint density at radius 3 is 2.33 bits per heavy atom. The number of carbonyl (C=O) groups excluding carboxylic acids is 1. The number of hydrogen-bond donors (Lipinski definition) is 2. The highest BCUT2D eigenvalue weighted by Crippen LogP contribution is 2.32. The molecule has 0 fully saturated rings. The van der Waals surface area contributed by atoms with Gasteiger partial charge in [-0.05, 0) is 61.7 Å². The standard InChI is InChI=1S/C22H23F5N2O/c1-4-9-28-20-12-17(22(25,26)27)7-5-15(20)6-8-21(30)29-14(3)16-10-18(23)13(2)19(24)11-16/h5-8,10-12,14,28H,4,9H2,1-3H3,(H,29,30)/b8-6+/t14-/m1/s1. The molecule has 0 radical (unpaired) electrons. The number of halogens is 5. The summed E-state index contributed by atoms with van der Waals surface area (Å²) < 4.78 is 66.3. The van der Waals surface area contributed by atoms with Crippen LogP contribution in [0.25, 0.3) is 6.08 Å². The number of carbonyl (C=O) groups is 1. The summed E-state index contributed by atoms with van der Waals surface area (Å²) in [7, 11) is 0. The molecule has 2 aromatic carbocycles. The summed E-state index contributed by atoms with van der Waals surface area (Å²) in [5.74, 6) is -1.97. The average molecular weight is 426 g/mol. The predicted molar refractivity (Wildman–Crippen MR) is 107 cm³/mol. The lowest BCUT2D eigenvalue weighted by Crippen LogP contribution is -2.25. The minimum Gasteiger partial charge on any atom is -0.385 e. The lowest BCUT2D eigenvalue weighted by molar-refractivity contribution is -0.137. The van der Waals surface area contributed by atoms with Crippen molar-refractivity contribution in [1.82, 2.24) is 5.32 Å². The maximum absolute atomic E-state index is 13.7. The molecule has 0 aromatic heterocycles. The molecule has 2 aromatic rings. The van der Waals surface area contributed by atoms with Crippen molar-refractivity contribution in [3.63, 3.8) is 0 Å². The highest BCUT2D eigenvalue weighted by molar-refractivity contribution is 5.93. The van der Waals surface area contributed by atoms with Gasteiger partial charge in [0.1, 0.15) is 11.6 Å². The fraction of sp³-hybridized carbons (Fsp3) is 0.318. The van der Waals surface area contributed by atoms with Crippen LogP contribution in [0.2, 0.25) is 0 Å². The molecule has 1 atom stereocenters. The predicted octanol–water partition coefficient (Wildman–Crippen LogP) is 6.00. The summed E-state index contributed by atoms with van der Waals surface area (Å²) in [6.07, 6.45) is -1.22. The third-order valence-electron chi connectivity index (χ3n) is 4.52. The van der Waals surface area contributed by atoms with Crippen LogP contribution >= 0.6 is 0 Å². The quantitative estimate of drug-likeness (QED) is 0.421. The van der Waals surface area contributed by atoms with Gasteiger partial charge in [0.05, 0.1) is 11.6 Å². The highest BCUT2D eigenvalue weighted by Gasteiger charge is 2.30. The first-order valence-corrected chi connectivity index (χ1v) is 9.42. The van der Waals surface area contributed by atoms with Crippen molar-refractivity contribution in [1.29, 1.82) is 0 Å². The Morgan fingerprint density at radius 1 is 1.13 bits per heavy atom. The summed E-state index contributed by atoms with van der Waals surface area (Å²) in [6, 6.07) is 4.84. The van der Waals surface area contributed by atoms with Crippen molar-refractivity contribution in [2.75, 3.05) is 11.9 Å². The van der Waals surface area contributed by atoms with Crippen LogP contribution in [0.15, 0.2) is 36.4 Å². The van der Waals surface area contributed by atoms with E-state index in [0.29, 0.717) is 18.5 Å². The Morgan fingerprint density at radius 2 is 1.77 bits per heavy atom. The van der Waals surface area contributed by atoms with E-state index in [1.165, 1.54) is 19.1 Å². The zero-order valence-corrected chi connectivity index (χ0v) is 16.8. The lowest BCUT2D eigenvalue weighted by Gasteiger charge is -2.15. The van der Waals surface area contributed by atoms with Gasteiger partial charge in [0, 0.05) is 23.9 Å². The molecule has 0 bridgehead atoms. The van der Waals surface area contributed by atoms with E-state index in [0.717, 1.165) is 30.3 Å². The monoisotopic (exact) mass is 426 g/mol. The van der Waals surface area contributed by atoms with E-state index < -0.39 is 35.3 Å². The van der Waals surface area contributed by atoms with Crippen molar-refractivity contribution < 1.29 is 26.7 Å². The molecule has 162 valence electrons. The van der Waals surface area contributed by atoms with E-state index in [2.05, 4.69) is 10.6 Å². The van der Waals surface area contributed by atoms with Gasteiger partial charge >= 0.3 is 6.18 Å². The first-order chi connectivity index (χ1) is 14.0. The maximum Gasteiger partial charge on any atom is 0.416 e. The number of rotatable bonds is 7.